The largest absolute Gasteiger partial charge is 0.444 e. The van der Waals surface area contributed by atoms with E-state index in [0.29, 0.717) is 28.0 Å². The van der Waals surface area contributed by atoms with Crippen LogP contribution < -0.4 is 5.56 Å². The van der Waals surface area contributed by atoms with E-state index >= 15 is 0 Å². The number of thioether (sulfide) groups is 1. The summed E-state index contributed by atoms with van der Waals surface area (Å²) in [5, 5.41) is 10.2. The van der Waals surface area contributed by atoms with Crippen LogP contribution >= 0.6 is 11.8 Å². The van der Waals surface area contributed by atoms with Crippen molar-refractivity contribution in [2.24, 2.45) is 0 Å². The van der Waals surface area contributed by atoms with E-state index in [1.165, 1.54) is 11.8 Å². The van der Waals surface area contributed by atoms with Crippen molar-refractivity contribution in [3.63, 3.8) is 0 Å². The predicted molar refractivity (Wildman–Crippen MR) is 137 cm³/mol. The van der Waals surface area contributed by atoms with Gasteiger partial charge in [-0.3, -0.25) is 9.20 Å². The lowest BCUT2D eigenvalue weighted by Gasteiger charge is -2.14. The lowest BCUT2D eigenvalue weighted by atomic mass is 10.1. The summed E-state index contributed by atoms with van der Waals surface area (Å²) >= 11 is 1.50. The fourth-order valence-electron chi connectivity index (χ4n) is 4.19. The molecule has 0 atom stereocenters. The van der Waals surface area contributed by atoms with Gasteiger partial charge in [0, 0.05) is 11.3 Å². The maximum atomic E-state index is 13.6. The van der Waals surface area contributed by atoms with Crippen LogP contribution in [0.5, 0.6) is 0 Å². The summed E-state index contributed by atoms with van der Waals surface area (Å²) in [5.41, 5.74) is 5.33. The molecule has 0 aliphatic heterocycles. The van der Waals surface area contributed by atoms with Crippen LogP contribution in [0.3, 0.4) is 0 Å². The second-order valence-electron chi connectivity index (χ2n) is 8.29. The summed E-state index contributed by atoms with van der Waals surface area (Å²) in [7, 11) is 0. The molecule has 6 aromatic rings. The predicted octanol–water partition coefficient (Wildman–Crippen LogP) is 5.60. The zero-order valence-electron chi connectivity index (χ0n) is 19.2. The molecular weight excluding hydrogens is 458 g/mol. The molecule has 6 rings (SSSR count). The molecule has 0 N–H and O–H groups in total. The molecule has 0 saturated heterocycles. The van der Waals surface area contributed by atoms with Crippen molar-refractivity contribution in [1.29, 1.82) is 0 Å². The van der Waals surface area contributed by atoms with Gasteiger partial charge in [-0.15, -0.1) is 10.2 Å². The zero-order chi connectivity index (χ0) is 23.9. The van der Waals surface area contributed by atoms with Crippen LogP contribution in [0, 0.1) is 13.8 Å². The first-order valence-electron chi connectivity index (χ1n) is 11.2. The van der Waals surface area contributed by atoms with Gasteiger partial charge >= 0.3 is 0 Å². The molecule has 3 heterocycles. The lowest BCUT2D eigenvalue weighted by Crippen LogP contribution is -2.22. The number of hydrogen-bond acceptors (Lipinski definition) is 6. The first-order chi connectivity index (χ1) is 17.1. The fraction of sp³-hybridized carbons (Fsp3) is 0.111. The summed E-state index contributed by atoms with van der Waals surface area (Å²) in [6.45, 7) is 4.05. The quantitative estimate of drug-likeness (QED) is 0.300. The summed E-state index contributed by atoms with van der Waals surface area (Å²) in [4.78, 5) is 18.2. The molecule has 0 spiro atoms. The Bertz CT molecular complexity index is 1750. The molecule has 172 valence electrons. The number of aryl methyl sites for hydroxylation is 1. The molecule has 35 heavy (non-hydrogen) atoms. The highest BCUT2D eigenvalue weighted by Crippen LogP contribution is 2.28. The van der Waals surface area contributed by atoms with Gasteiger partial charge in [-0.1, -0.05) is 54.2 Å². The fourth-order valence-corrected chi connectivity index (χ4v) is 5.01. The number of hydrogen-bond donors (Lipinski definition) is 0. The first-order valence-corrected chi connectivity index (χ1v) is 12.2. The zero-order valence-corrected chi connectivity index (χ0v) is 20.0. The monoisotopic (exact) mass is 479 g/mol. The average Bonchev–Trinajstić information content (AvgIpc) is 3.53. The third-order valence-electron chi connectivity index (χ3n) is 6.13. The molecule has 7 nitrogen and oxygen atoms in total. The van der Waals surface area contributed by atoms with E-state index in [2.05, 4.69) is 15.2 Å². The van der Waals surface area contributed by atoms with Crippen molar-refractivity contribution in [1.82, 2.24) is 24.1 Å². The number of aromatic nitrogens is 5. The van der Waals surface area contributed by atoms with Gasteiger partial charge < -0.3 is 4.42 Å². The molecule has 0 fully saturated rings. The Morgan fingerprint density at radius 1 is 0.914 bits per heavy atom. The number of oxazole rings is 1. The Balaban J connectivity index is 1.45. The third kappa shape index (κ3) is 3.63. The maximum Gasteiger partial charge on any atom is 0.267 e. The van der Waals surface area contributed by atoms with Crippen LogP contribution in [0.2, 0.25) is 0 Å². The molecule has 0 bridgehead atoms. The van der Waals surface area contributed by atoms with Crippen molar-refractivity contribution >= 4 is 28.4 Å². The van der Waals surface area contributed by atoms with E-state index in [1.807, 2.05) is 91.0 Å². The topological polar surface area (TPSA) is 78.2 Å². The molecule has 0 aliphatic rings. The smallest absolute Gasteiger partial charge is 0.267 e. The van der Waals surface area contributed by atoms with Crippen LogP contribution in [0.4, 0.5) is 0 Å². The normalized spacial score (nSPS) is 11.5. The van der Waals surface area contributed by atoms with Crippen LogP contribution in [-0.2, 0) is 5.75 Å². The van der Waals surface area contributed by atoms with Crippen LogP contribution in [0.15, 0.2) is 93.4 Å². The van der Waals surface area contributed by atoms with E-state index in [0.717, 1.165) is 33.6 Å². The number of nitrogens with zero attached hydrogens (tertiary/aromatic N) is 5. The highest BCUT2D eigenvalue weighted by molar-refractivity contribution is 7.98. The lowest BCUT2D eigenvalue weighted by molar-refractivity contribution is 0.573. The van der Waals surface area contributed by atoms with Crippen LogP contribution in [-0.4, -0.2) is 24.1 Å². The summed E-state index contributed by atoms with van der Waals surface area (Å²) in [6.07, 6.45) is 1.67. The van der Waals surface area contributed by atoms with Gasteiger partial charge in [-0.2, -0.15) is 0 Å². The highest BCUT2D eigenvalue weighted by Gasteiger charge is 2.19. The van der Waals surface area contributed by atoms with E-state index in [-0.39, 0.29) is 5.56 Å². The molecule has 3 aromatic heterocycles. The Morgan fingerprint density at radius 3 is 2.57 bits per heavy atom. The minimum atomic E-state index is -0.116. The summed E-state index contributed by atoms with van der Waals surface area (Å²) in [5.74, 6) is 1.62. The van der Waals surface area contributed by atoms with Crippen molar-refractivity contribution < 1.29 is 4.42 Å². The molecule has 8 heteroatoms. The number of para-hydroxylation sites is 1. The molecule has 0 unspecified atom stereocenters. The van der Waals surface area contributed by atoms with Gasteiger partial charge in [0.25, 0.3) is 5.56 Å². The minimum absolute atomic E-state index is 0.116. The molecule has 3 aromatic carbocycles. The molecule has 0 aliphatic carbocycles. The van der Waals surface area contributed by atoms with Crippen molar-refractivity contribution in [2.45, 2.75) is 24.8 Å². The van der Waals surface area contributed by atoms with Crippen molar-refractivity contribution in [3.05, 3.63) is 106 Å². The standard InChI is InChI=1S/C27H21N5O2S/c1-17-9-8-14-22(18(17)2)31-25(33)21-12-6-7-13-23(21)32-26(31)29-30-27(32)35-16-20-15-34-24(28-20)19-10-4-3-5-11-19/h3-15H,16H2,1-2H3. The van der Waals surface area contributed by atoms with Gasteiger partial charge in [-0.05, 0) is 55.3 Å². The van der Waals surface area contributed by atoms with Gasteiger partial charge in [-0.25, -0.2) is 9.55 Å². The van der Waals surface area contributed by atoms with Gasteiger partial charge in [0.15, 0.2) is 5.16 Å². The third-order valence-corrected chi connectivity index (χ3v) is 7.10. The summed E-state index contributed by atoms with van der Waals surface area (Å²) in [6, 6.07) is 23.3. The Labute approximate surface area is 205 Å². The number of rotatable bonds is 5. The Kier molecular flexibility index (Phi) is 5.22. The van der Waals surface area contributed by atoms with Crippen molar-refractivity contribution in [3.8, 4) is 17.1 Å². The van der Waals surface area contributed by atoms with Crippen LogP contribution in [0.25, 0.3) is 33.8 Å². The molecular formula is C27H21N5O2S. The second kappa shape index (κ2) is 8.56. The number of fused-ring (bicyclic) bond motifs is 3. The maximum absolute atomic E-state index is 13.6. The van der Waals surface area contributed by atoms with E-state index in [1.54, 1.807) is 10.8 Å². The summed E-state index contributed by atoms with van der Waals surface area (Å²) < 4.78 is 9.29. The van der Waals surface area contributed by atoms with E-state index < -0.39 is 0 Å². The van der Waals surface area contributed by atoms with Crippen molar-refractivity contribution in [2.75, 3.05) is 0 Å². The second-order valence-corrected chi connectivity index (χ2v) is 9.24. The molecule has 0 radical (unpaired) electrons. The van der Waals surface area contributed by atoms with E-state index in [9.17, 15) is 4.79 Å². The van der Waals surface area contributed by atoms with Gasteiger partial charge in [0.05, 0.1) is 22.3 Å². The Morgan fingerprint density at radius 2 is 1.71 bits per heavy atom. The minimum Gasteiger partial charge on any atom is -0.444 e. The highest BCUT2D eigenvalue weighted by atomic mass is 32.2. The van der Waals surface area contributed by atoms with Crippen LogP contribution in [0.1, 0.15) is 16.8 Å². The molecule has 0 saturated carbocycles. The van der Waals surface area contributed by atoms with Gasteiger partial charge in [0.1, 0.15) is 6.26 Å². The van der Waals surface area contributed by atoms with Gasteiger partial charge in [0.2, 0.25) is 11.7 Å². The number of benzene rings is 3. The first kappa shape index (κ1) is 21.4. The average molecular weight is 480 g/mol. The molecule has 0 amide bonds. The Hall–Kier alpha value is -4.17. The van der Waals surface area contributed by atoms with E-state index in [4.69, 9.17) is 4.42 Å². The SMILES string of the molecule is Cc1cccc(-n2c(=O)c3ccccc3n3c(SCc4coc(-c5ccccc5)n4)nnc23)c1C.